The number of hydrogen-bond acceptors (Lipinski definition) is 6. The third kappa shape index (κ3) is 3.81. The van der Waals surface area contributed by atoms with Gasteiger partial charge in [-0.25, -0.2) is 4.79 Å². The van der Waals surface area contributed by atoms with Gasteiger partial charge in [0.1, 0.15) is 24.1 Å². The van der Waals surface area contributed by atoms with Gasteiger partial charge in [0.05, 0.1) is 25.5 Å². The van der Waals surface area contributed by atoms with Crippen molar-refractivity contribution in [1.29, 1.82) is 0 Å². The van der Waals surface area contributed by atoms with Gasteiger partial charge in [0.15, 0.2) is 0 Å². The summed E-state index contributed by atoms with van der Waals surface area (Å²) in [7, 11) is 2.98. The molecule has 2 N–H and O–H groups in total. The Kier molecular flexibility index (Phi) is 5.89. The van der Waals surface area contributed by atoms with Crippen LogP contribution >= 0.6 is 0 Å². The Morgan fingerprint density at radius 1 is 1.12 bits per heavy atom. The molecule has 1 saturated heterocycles. The van der Waals surface area contributed by atoms with Crippen LogP contribution in [0.2, 0.25) is 0 Å². The van der Waals surface area contributed by atoms with Crippen LogP contribution in [-0.4, -0.2) is 55.7 Å². The number of benzene rings is 2. The summed E-state index contributed by atoms with van der Waals surface area (Å²) in [4.78, 5) is 41.3. The summed E-state index contributed by atoms with van der Waals surface area (Å²) >= 11 is 0. The number of carbonyl (C=O) groups excluding carboxylic acids is 3. The summed E-state index contributed by atoms with van der Waals surface area (Å²) in [5.74, 6) is -0.110. The van der Waals surface area contributed by atoms with Gasteiger partial charge in [0, 0.05) is 24.2 Å². The number of ether oxygens (including phenoxy) is 3. The Bertz CT molecular complexity index is 1060. The average molecular weight is 439 g/mol. The molecule has 2 unspecified atom stereocenters. The first kappa shape index (κ1) is 21.5. The number of amides is 3. The first-order chi connectivity index (χ1) is 15.4. The number of anilines is 1. The highest BCUT2D eigenvalue weighted by atomic mass is 16.6. The van der Waals surface area contributed by atoms with Crippen LogP contribution in [0, 0.1) is 0 Å². The van der Waals surface area contributed by atoms with E-state index in [2.05, 4.69) is 0 Å². The number of nitrogens with two attached hydrogens (primary N) is 1. The number of hydrogen-bond donors (Lipinski definition) is 1. The van der Waals surface area contributed by atoms with E-state index in [9.17, 15) is 14.4 Å². The van der Waals surface area contributed by atoms with Gasteiger partial charge in [-0.05, 0) is 31.0 Å². The van der Waals surface area contributed by atoms with Crippen molar-refractivity contribution in [1.82, 2.24) is 4.90 Å². The van der Waals surface area contributed by atoms with Crippen LogP contribution in [-0.2, 0) is 16.1 Å². The molecule has 9 heteroatoms. The van der Waals surface area contributed by atoms with Crippen molar-refractivity contribution in [2.24, 2.45) is 5.73 Å². The monoisotopic (exact) mass is 439 g/mol. The molecule has 0 saturated carbocycles. The Hall–Kier alpha value is -3.75. The Labute approximate surface area is 185 Å². The summed E-state index contributed by atoms with van der Waals surface area (Å²) in [6.07, 6.45) is 0.217. The minimum atomic E-state index is -0.880. The highest BCUT2D eigenvalue weighted by Gasteiger charge is 2.41. The van der Waals surface area contributed by atoms with Crippen LogP contribution in [0.5, 0.6) is 11.5 Å². The van der Waals surface area contributed by atoms with Crippen LogP contribution in [0.1, 0.15) is 28.8 Å². The van der Waals surface area contributed by atoms with E-state index in [4.69, 9.17) is 19.9 Å². The fraction of sp³-hybridized carbons (Fsp3) is 0.348. The standard InChI is InChI=1S/C23H25N3O6/c1-30-16-7-8-17(20(12-16)31-2)22(28)25-10-9-15(11-19(25)21(24)27)26-18-6-4-3-5-14(18)13-32-23(26)29/h3-8,12,15,19H,9-11,13H2,1-2H3,(H2,24,27). The van der Waals surface area contributed by atoms with Crippen molar-refractivity contribution in [2.45, 2.75) is 31.5 Å². The first-order valence-electron chi connectivity index (χ1n) is 10.3. The summed E-state index contributed by atoms with van der Waals surface area (Å²) in [6.45, 7) is 0.456. The summed E-state index contributed by atoms with van der Waals surface area (Å²) in [6, 6.07) is 11.1. The lowest BCUT2D eigenvalue weighted by atomic mass is 9.93. The molecule has 2 aromatic rings. The topological polar surface area (TPSA) is 111 Å². The van der Waals surface area contributed by atoms with Crippen molar-refractivity contribution >= 4 is 23.6 Å². The molecule has 2 aromatic carbocycles. The molecule has 0 spiro atoms. The quantitative estimate of drug-likeness (QED) is 0.765. The number of likely N-dealkylation sites (tertiary alicyclic amines) is 1. The van der Waals surface area contributed by atoms with Crippen LogP contribution < -0.4 is 20.1 Å². The molecule has 0 bridgehead atoms. The molecule has 4 rings (SSSR count). The normalized spacial score (nSPS) is 20.2. The molecule has 2 atom stereocenters. The van der Waals surface area contributed by atoms with Crippen molar-refractivity contribution in [3.63, 3.8) is 0 Å². The van der Waals surface area contributed by atoms with E-state index in [1.165, 1.54) is 19.1 Å². The van der Waals surface area contributed by atoms with Gasteiger partial charge in [-0.1, -0.05) is 18.2 Å². The van der Waals surface area contributed by atoms with Gasteiger partial charge in [-0.15, -0.1) is 0 Å². The first-order valence-corrected chi connectivity index (χ1v) is 10.3. The molecular formula is C23H25N3O6. The summed E-state index contributed by atoms with van der Waals surface area (Å²) in [5.41, 5.74) is 7.65. The molecule has 0 aromatic heterocycles. The van der Waals surface area contributed by atoms with E-state index in [0.717, 1.165) is 11.3 Å². The van der Waals surface area contributed by atoms with Crippen LogP contribution in [0.3, 0.4) is 0 Å². The minimum absolute atomic E-state index is 0.208. The molecular weight excluding hydrogens is 414 g/mol. The van der Waals surface area contributed by atoms with E-state index in [1.54, 1.807) is 23.1 Å². The molecule has 2 aliphatic rings. The lowest BCUT2D eigenvalue weighted by molar-refractivity contribution is -0.123. The second-order valence-electron chi connectivity index (χ2n) is 7.71. The molecule has 3 amide bonds. The molecule has 168 valence electrons. The molecule has 1 fully saturated rings. The smallest absolute Gasteiger partial charge is 0.414 e. The van der Waals surface area contributed by atoms with E-state index in [-0.39, 0.29) is 31.5 Å². The highest BCUT2D eigenvalue weighted by molar-refractivity contribution is 6.00. The molecule has 0 radical (unpaired) electrons. The minimum Gasteiger partial charge on any atom is -0.497 e. The molecule has 32 heavy (non-hydrogen) atoms. The van der Waals surface area contributed by atoms with Crippen molar-refractivity contribution in [3.05, 3.63) is 53.6 Å². The predicted octanol–water partition coefficient (Wildman–Crippen LogP) is 2.32. The van der Waals surface area contributed by atoms with E-state index >= 15 is 0 Å². The van der Waals surface area contributed by atoms with Crippen molar-refractivity contribution in [3.8, 4) is 11.5 Å². The number of fused-ring (bicyclic) bond motifs is 1. The fourth-order valence-corrected chi connectivity index (χ4v) is 4.35. The number of primary amides is 1. The third-order valence-corrected chi connectivity index (χ3v) is 5.97. The number of methoxy groups -OCH3 is 2. The fourth-order valence-electron chi connectivity index (χ4n) is 4.35. The van der Waals surface area contributed by atoms with Crippen LogP contribution in [0.4, 0.5) is 10.5 Å². The number of carbonyl (C=O) groups is 3. The number of cyclic esters (lactones) is 1. The zero-order chi connectivity index (χ0) is 22.8. The van der Waals surface area contributed by atoms with Gasteiger partial charge in [0.25, 0.3) is 5.91 Å². The second-order valence-corrected chi connectivity index (χ2v) is 7.71. The average Bonchev–Trinajstić information content (AvgIpc) is 2.82. The second kappa shape index (κ2) is 8.78. The lowest BCUT2D eigenvalue weighted by Gasteiger charge is -2.43. The van der Waals surface area contributed by atoms with Gasteiger partial charge in [-0.2, -0.15) is 0 Å². The number of nitrogens with zero attached hydrogens (tertiary/aromatic N) is 2. The Balaban J connectivity index is 1.61. The lowest BCUT2D eigenvalue weighted by Crippen LogP contribution is -2.58. The summed E-state index contributed by atoms with van der Waals surface area (Å²) in [5, 5.41) is 0. The van der Waals surface area contributed by atoms with Crippen LogP contribution in [0.25, 0.3) is 0 Å². The zero-order valence-corrected chi connectivity index (χ0v) is 17.9. The SMILES string of the molecule is COc1ccc(C(=O)N2CCC(N3C(=O)OCc4ccccc43)CC2C(N)=O)c(OC)c1. The Morgan fingerprint density at radius 2 is 1.91 bits per heavy atom. The maximum absolute atomic E-state index is 13.3. The Morgan fingerprint density at radius 3 is 2.62 bits per heavy atom. The highest BCUT2D eigenvalue weighted by Crippen LogP contribution is 2.34. The van der Waals surface area contributed by atoms with Gasteiger partial charge in [0.2, 0.25) is 5.91 Å². The number of piperidine rings is 1. The predicted molar refractivity (Wildman–Crippen MR) is 116 cm³/mol. The zero-order valence-electron chi connectivity index (χ0n) is 17.9. The van der Waals surface area contributed by atoms with Crippen LogP contribution in [0.15, 0.2) is 42.5 Å². The third-order valence-electron chi connectivity index (χ3n) is 5.97. The molecule has 0 aliphatic carbocycles. The van der Waals surface area contributed by atoms with E-state index in [0.29, 0.717) is 23.5 Å². The van der Waals surface area contributed by atoms with Crippen molar-refractivity contribution < 1.29 is 28.6 Å². The molecule has 2 heterocycles. The van der Waals surface area contributed by atoms with Gasteiger partial charge in [-0.3, -0.25) is 14.5 Å². The van der Waals surface area contributed by atoms with E-state index < -0.39 is 18.0 Å². The van der Waals surface area contributed by atoms with E-state index in [1.807, 2.05) is 24.3 Å². The van der Waals surface area contributed by atoms with Gasteiger partial charge < -0.3 is 24.8 Å². The maximum Gasteiger partial charge on any atom is 0.414 e. The largest absolute Gasteiger partial charge is 0.497 e. The molecule has 9 nitrogen and oxygen atoms in total. The number of para-hydroxylation sites is 1. The molecule has 2 aliphatic heterocycles. The number of rotatable bonds is 5. The summed E-state index contributed by atoms with van der Waals surface area (Å²) < 4.78 is 15.9. The maximum atomic E-state index is 13.3. The van der Waals surface area contributed by atoms with Crippen molar-refractivity contribution in [2.75, 3.05) is 25.7 Å². The van der Waals surface area contributed by atoms with Gasteiger partial charge >= 0.3 is 6.09 Å².